The van der Waals surface area contributed by atoms with Crippen molar-refractivity contribution < 1.29 is 9.59 Å². The van der Waals surface area contributed by atoms with E-state index >= 15 is 0 Å². The van der Waals surface area contributed by atoms with E-state index < -0.39 is 0 Å². The largest absolute Gasteiger partial charge is 0.355 e. The van der Waals surface area contributed by atoms with E-state index in [2.05, 4.69) is 17.6 Å². The Balaban J connectivity index is 2.29. The third-order valence-electron chi connectivity index (χ3n) is 3.32. The van der Waals surface area contributed by atoms with Gasteiger partial charge in [-0.25, -0.2) is 0 Å². The first-order valence-electron chi connectivity index (χ1n) is 7.90. The number of hydrogen-bond acceptors (Lipinski definition) is 3. The van der Waals surface area contributed by atoms with Gasteiger partial charge in [0.25, 0.3) is 0 Å². The molecule has 0 fully saturated rings. The SMILES string of the molecule is CCCNCCNC(=O)CCN(Cc1ccccc1)C(C)=O. The van der Waals surface area contributed by atoms with Gasteiger partial charge in [-0.05, 0) is 18.5 Å². The molecule has 0 unspecified atom stereocenters. The van der Waals surface area contributed by atoms with Crippen LogP contribution in [0.3, 0.4) is 0 Å². The first-order chi connectivity index (χ1) is 10.6. The normalized spacial score (nSPS) is 10.3. The van der Waals surface area contributed by atoms with Crippen molar-refractivity contribution >= 4 is 11.8 Å². The number of hydrogen-bond donors (Lipinski definition) is 2. The lowest BCUT2D eigenvalue weighted by atomic mass is 10.2. The second-order valence-electron chi connectivity index (χ2n) is 5.28. The van der Waals surface area contributed by atoms with E-state index in [1.54, 1.807) is 4.90 Å². The molecule has 1 aromatic carbocycles. The topological polar surface area (TPSA) is 61.4 Å². The highest BCUT2D eigenvalue weighted by Crippen LogP contribution is 2.05. The van der Waals surface area contributed by atoms with Crippen LogP contribution in [-0.2, 0) is 16.1 Å². The molecule has 0 heterocycles. The van der Waals surface area contributed by atoms with Gasteiger partial charge in [0, 0.05) is 39.5 Å². The van der Waals surface area contributed by atoms with Gasteiger partial charge in [-0.15, -0.1) is 0 Å². The molecule has 0 aliphatic rings. The lowest BCUT2D eigenvalue weighted by Gasteiger charge is -2.21. The zero-order chi connectivity index (χ0) is 16.2. The van der Waals surface area contributed by atoms with Gasteiger partial charge in [0.05, 0.1) is 0 Å². The van der Waals surface area contributed by atoms with Gasteiger partial charge >= 0.3 is 0 Å². The number of rotatable bonds is 10. The van der Waals surface area contributed by atoms with Crippen molar-refractivity contribution in [2.24, 2.45) is 0 Å². The van der Waals surface area contributed by atoms with E-state index in [0.717, 1.165) is 25.1 Å². The van der Waals surface area contributed by atoms with Crippen molar-refractivity contribution in [1.29, 1.82) is 0 Å². The van der Waals surface area contributed by atoms with Gasteiger partial charge in [-0.3, -0.25) is 9.59 Å². The summed E-state index contributed by atoms with van der Waals surface area (Å²) in [5, 5.41) is 6.09. The maximum Gasteiger partial charge on any atom is 0.221 e. The van der Waals surface area contributed by atoms with Crippen LogP contribution in [0, 0.1) is 0 Å². The van der Waals surface area contributed by atoms with Gasteiger partial charge in [0.15, 0.2) is 0 Å². The van der Waals surface area contributed by atoms with Crippen LogP contribution in [0.15, 0.2) is 30.3 Å². The monoisotopic (exact) mass is 305 g/mol. The maximum absolute atomic E-state index is 11.8. The van der Waals surface area contributed by atoms with Gasteiger partial charge in [0.1, 0.15) is 0 Å². The molecule has 0 spiro atoms. The number of amides is 2. The third-order valence-corrected chi connectivity index (χ3v) is 3.32. The Morgan fingerprint density at radius 2 is 1.82 bits per heavy atom. The predicted octanol–water partition coefficient (Wildman–Crippen LogP) is 1.54. The molecular formula is C17H27N3O2. The Morgan fingerprint density at radius 3 is 2.45 bits per heavy atom. The Bertz CT molecular complexity index is 448. The number of nitrogens with one attached hydrogen (secondary N) is 2. The molecule has 0 radical (unpaired) electrons. The Kier molecular flexibility index (Phi) is 8.91. The van der Waals surface area contributed by atoms with Crippen LogP contribution in [0.5, 0.6) is 0 Å². The van der Waals surface area contributed by atoms with Crippen LogP contribution in [0.1, 0.15) is 32.3 Å². The fraction of sp³-hybridized carbons (Fsp3) is 0.529. The van der Waals surface area contributed by atoms with Crippen LogP contribution in [0.25, 0.3) is 0 Å². The van der Waals surface area contributed by atoms with Crippen molar-refractivity contribution in [2.75, 3.05) is 26.2 Å². The van der Waals surface area contributed by atoms with Crippen LogP contribution in [0.2, 0.25) is 0 Å². The molecule has 1 rings (SSSR count). The van der Waals surface area contributed by atoms with Gasteiger partial charge in [0.2, 0.25) is 11.8 Å². The fourth-order valence-electron chi connectivity index (χ4n) is 2.07. The molecule has 22 heavy (non-hydrogen) atoms. The zero-order valence-electron chi connectivity index (χ0n) is 13.6. The minimum absolute atomic E-state index is 0.0127. The smallest absolute Gasteiger partial charge is 0.221 e. The summed E-state index contributed by atoms with van der Waals surface area (Å²) < 4.78 is 0. The minimum Gasteiger partial charge on any atom is -0.355 e. The molecule has 2 amide bonds. The van der Waals surface area contributed by atoms with E-state index in [-0.39, 0.29) is 11.8 Å². The molecule has 2 N–H and O–H groups in total. The van der Waals surface area contributed by atoms with Crippen molar-refractivity contribution in [3.05, 3.63) is 35.9 Å². The first-order valence-corrected chi connectivity index (χ1v) is 7.90. The Morgan fingerprint density at radius 1 is 1.09 bits per heavy atom. The maximum atomic E-state index is 11.8. The number of carbonyl (C=O) groups is 2. The van der Waals surface area contributed by atoms with Gasteiger partial charge in [-0.1, -0.05) is 37.3 Å². The highest BCUT2D eigenvalue weighted by Gasteiger charge is 2.11. The van der Waals surface area contributed by atoms with E-state index in [4.69, 9.17) is 0 Å². The number of benzene rings is 1. The zero-order valence-corrected chi connectivity index (χ0v) is 13.6. The molecule has 0 saturated carbocycles. The Hall–Kier alpha value is -1.88. The summed E-state index contributed by atoms with van der Waals surface area (Å²) in [5.74, 6) is -0.0288. The van der Waals surface area contributed by atoms with Gasteiger partial charge in [-0.2, -0.15) is 0 Å². The molecule has 122 valence electrons. The summed E-state index contributed by atoms with van der Waals surface area (Å²) >= 11 is 0. The second kappa shape index (κ2) is 10.8. The van der Waals surface area contributed by atoms with Crippen LogP contribution in [0.4, 0.5) is 0 Å². The average molecular weight is 305 g/mol. The highest BCUT2D eigenvalue weighted by atomic mass is 16.2. The van der Waals surface area contributed by atoms with Crippen molar-refractivity contribution in [3.8, 4) is 0 Å². The lowest BCUT2D eigenvalue weighted by Crippen LogP contribution is -2.36. The summed E-state index contributed by atoms with van der Waals surface area (Å²) in [4.78, 5) is 25.2. The summed E-state index contributed by atoms with van der Waals surface area (Å²) in [6.07, 6.45) is 1.42. The summed E-state index contributed by atoms with van der Waals surface area (Å²) in [6.45, 7) is 6.99. The molecule has 0 aliphatic heterocycles. The highest BCUT2D eigenvalue weighted by molar-refractivity contribution is 5.78. The lowest BCUT2D eigenvalue weighted by molar-refractivity contribution is -0.130. The van der Waals surface area contributed by atoms with Crippen LogP contribution in [-0.4, -0.2) is 42.9 Å². The summed E-state index contributed by atoms with van der Waals surface area (Å²) in [6, 6.07) is 9.81. The van der Waals surface area contributed by atoms with Crippen molar-refractivity contribution in [2.45, 2.75) is 33.2 Å². The quantitative estimate of drug-likeness (QED) is 0.645. The Labute approximate surface area is 133 Å². The predicted molar refractivity (Wildman–Crippen MR) is 88.3 cm³/mol. The second-order valence-corrected chi connectivity index (χ2v) is 5.28. The van der Waals surface area contributed by atoms with E-state index in [0.29, 0.717) is 26.1 Å². The summed E-state index contributed by atoms with van der Waals surface area (Å²) in [7, 11) is 0. The van der Waals surface area contributed by atoms with Crippen LogP contribution < -0.4 is 10.6 Å². The van der Waals surface area contributed by atoms with Crippen LogP contribution >= 0.6 is 0 Å². The number of carbonyl (C=O) groups excluding carboxylic acids is 2. The third kappa shape index (κ3) is 7.78. The van der Waals surface area contributed by atoms with E-state index in [9.17, 15) is 9.59 Å². The first kappa shape index (κ1) is 18.2. The molecule has 1 aromatic rings. The average Bonchev–Trinajstić information content (AvgIpc) is 2.52. The number of nitrogens with zero attached hydrogens (tertiary/aromatic N) is 1. The molecule has 0 bridgehead atoms. The van der Waals surface area contributed by atoms with Crippen molar-refractivity contribution in [1.82, 2.24) is 15.5 Å². The minimum atomic E-state index is -0.0161. The van der Waals surface area contributed by atoms with E-state index in [1.807, 2.05) is 30.3 Å². The standard InChI is InChI=1S/C17H27N3O2/c1-3-10-18-11-12-19-17(22)9-13-20(15(2)21)14-16-7-5-4-6-8-16/h4-8,18H,3,9-14H2,1-2H3,(H,19,22). The summed E-state index contributed by atoms with van der Waals surface area (Å²) in [5.41, 5.74) is 1.07. The molecule has 5 nitrogen and oxygen atoms in total. The molecule has 0 aliphatic carbocycles. The van der Waals surface area contributed by atoms with E-state index in [1.165, 1.54) is 6.92 Å². The molecule has 0 atom stereocenters. The van der Waals surface area contributed by atoms with Crippen molar-refractivity contribution in [3.63, 3.8) is 0 Å². The molecule has 0 saturated heterocycles. The molecular weight excluding hydrogens is 278 g/mol. The fourth-order valence-corrected chi connectivity index (χ4v) is 2.07. The molecule has 5 heteroatoms. The molecule has 0 aromatic heterocycles. The van der Waals surface area contributed by atoms with Gasteiger partial charge < -0.3 is 15.5 Å².